The average molecular weight is 717 g/mol. The number of fused-ring (bicyclic) bond motifs is 4. The van der Waals surface area contributed by atoms with Crippen LogP contribution < -0.4 is 0 Å². The van der Waals surface area contributed by atoms with E-state index in [9.17, 15) is 10.2 Å². The Labute approximate surface area is 308 Å². The summed E-state index contributed by atoms with van der Waals surface area (Å²) in [4.78, 5) is 5.09. The lowest BCUT2D eigenvalue weighted by atomic mass is 9.41. The quantitative estimate of drug-likeness (QED) is 0.311. The second-order valence-electron chi connectivity index (χ2n) is 20.4. The first-order chi connectivity index (χ1) is 24.1. The van der Waals surface area contributed by atoms with Crippen LogP contribution in [0.5, 0.6) is 0 Å². The molecule has 5 saturated carbocycles. The number of hydrogen-bond acceptors (Lipinski definition) is 9. The van der Waals surface area contributed by atoms with Crippen LogP contribution in [0.3, 0.4) is 0 Å². The van der Waals surface area contributed by atoms with Gasteiger partial charge in [-0.2, -0.15) is 0 Å². The normalized spacial score (nSPS) is 50.3. The average Bonchev–Trinajstić information content (AvgIpc) is 3.68. The first-order valence-electron chi connectivity index (χ1n) is 21.0. The van der Waals surface area contributed by atoms with Gasteiger partial charge in [-0.1, -0.05) is 34.6 Å². The molecule has 0 bridgehead atoms. The van der Waals surface area contributed by atoms with Gasteiger partial charge in [0.15, 0.2) is 6.29 Å². The van der Waals surface area contributed by atoms with Crippen LogP contribution in [0.25, 0.3) is 0 Å². The first-order valence-corrected chi connectivity index (χ1v) is 21.0. The Morgan fingerprint density at radius 3 is 2.41 bits per heavy atom. The molecule has 0 aromatic rings. The molecule has 9 nitrogen and oxygen atoms in total. The van der Waals surface area contributed by atoms with Crippen molar-refractivity contribution in [1.82, 2.24) is 9.80 Å². The zero-order valence-electron chi connectivity index (χ0n) is 33.5. The highest BCUT2D eigenvalue weighted by atomic mass is 16.7. The second-order valence-corrected chi connectivity index (χ2v) is 20.4. The van der Waals surface area contributed by atoms with E-state index in [2.05, 4.69) is 44.4 Å². The third kappa shape index (κ3) is 5.39. The van der Waals surface area contributed by atoms with Gasteiger partial charge in [-0.15, -0.1) is 0 Å². The number of methoxy groups -OCH3 is 1. The molecule has 2 N–H and O–H groups in total. The van der Waals surface area contributed by atoms with Crippen LogP contribution in [0.15, 0.2) is 0 Å². The Morgan fingerprint density at radius 2 is 1.71 bits per heavy atom. The number of likely N-dealkylation sites (tertiary alicyclic amines) is 1. The van der Waals surface area contributed by atoms with Crippen LogP contribution in [0.4, 0.5) is 0 Å². The van der Waals surface area contributed by atoms with Crippen molar-refractivity contribution in [3.63, 3.8) is 0 Å². The maximum atomic E-state index is 12.6. The van der Waals surface area contributed by atoms with Crippen molar-refractivity contribution in [2.24, 2.45) is 50.7 Å². The lowest BCUT2D eigenvalue weighted by Gasteiger charge is -2.64. The summed E-state index contributed by atoms with van der Waals surface area (Å²) in [6.45, 7) is 25.3. The molecule has 292 valence electrons. The summed E-state index contributed by atoms with van der Waals surface area (Å²) < 4.78 is 31.7. The monoisotopic (exact) mass is 717 g/mol. The zero-order valence-corrected chi connectivity index (χ0v) is 33.5. The minimum Gasteiger partial charge on any atom is -0.390 e. The van der Waals surface area contributed by atoms with Crippen LogP contribution in [-0.2, 0) is 23.7 Å². The van der Waals surface area contributed by atoms with Crippen LogP contribution in [0.1, 0.15) is 107 Å². The predicted molar refractivity (Wildman–Crippen MR) is 196 cm³/mol. The molecule has 8 rings (SSSR count). The third-order valence-corrected chi connectivity index (χ3v) is 17.6. The molecular formula is C42H72N2O7. The van der Waals surface area contributed by atoms with Gasteiger partial charge in [0.2, 0.25) is 0 Å². The molecule has 0 amide bonds. The molecule has 8 fully saturated rings. The van der Waals surface area contributed by atoms with Gasteiger partial charge in [0.1, 0.15) is 6.10 Å². The smallest absolute Gasteiger partial charge is 0.170 e. The van der Waals surface area contributed by atoms with Crippen molar-refractivity contribution in [3.05, 3.63) is 0 Å². The third-order valence-electron chi connectivity index (χ3n) is 17.6. The number of morpholine rings is 1. The predicted octanol–water partition coefficient (Wildman–Crippen LogP) is 5.35. The molecule has 8 aliphatic rings. The number of nitrogens with zero attached hydrogens (tertiary/aromatic N) is 2. The highest BCUT2D eigenvalue weighted by Gasteiger charge is 2.84. The van der Waals surface area contributed by atoms with Crippen LogP contribution in [0, 0.1) is 50.7 Å². The standard InChI is InChI=1S/C42H72N2O7/c1-10-48-36(38(5,6)46)28-21-26(2)33-34(50-28)35(45)40(8)30-12-11-29-37(3,4)31(13-14-41(29)25-42(30,41)16-15-39(33,40)7)51-32-24-44(18-20-49-32)27-22-43(23-27)17-19-47-9/h26-36,45-46H,10-25H2,1-9H3/t26-,28?,29+,30?,31+,32+,33+,34?,35+,36+,39-,40-,41-,42+/m1/s1. The van der Waals surface area contributed by atoms with Gasteiger partial charge in [-0.25, -0.2) is 0 Å². The van der Waals surface area contributed by atoms with Crippen LogP contribution in [0.2, 0.25) is 0 Å². The number of hydrogen-bond donors (Lipinski definition) is 2. The van der Waals surface area contributed by atoms with Gasteiger partial charge in [0.05, 0.1) is 43.2 Å². The molecule has 0 aromatic carbocycles. The minimum atomic E-state index is -1.01. The molecule has 0 radical (unpaired) electrons. The van der Waals surface area contributed by atoms with E-state index in [1.807, 2.05) is 20.8 Å². The summed E-state index contributed by atoms with van der Waals surface area (Å²) in [7, 11) is 1.78. The maximum Gasteiger partial charge on any atom is 0.170 e. The van der Waals surface area contributed by atoms with Crippen molar-refractivity contribution >= 4 is 0 Å². The van der Waals surface area contributed by atoms with Gasteiger partial charge in [0, 0.05) is 57.9 Å². The Bertz CT molecular complexity index is 1290. The number of rotatable bonds is 10. The molecule has 3 saturated heterocycles. The summed E-state index contributed by atoms with van der Waals surface area (Å²) in [5.74, 6) is 1.84. The van der Waals surface area contributed by atoms with Crippen molar-refractivity contribution in [2.75, 3.05) is 59.7 Å². The van der Waals surface area contributed by atoms with Crippen LogP contribution >= 0.6 is 0 Å². The van der Waals surface area contributed by atoms with Crippen LogP contribution in [-0.4, -0.2) is 128 Å². The van der Waals surface area contributed by atoms with E-state index < -0.39 is 17.8 Å². The summed E-state index contributed by atoms with van der Waals surface area (Å²) in [6, 6.07) is 0.598. The van der Waals surface area contributed by atoms with E-state index in [4.69, 9.17) is 23.7 Å². The van der Waals surface area contributed by atoms with E-state index in [1.165, 1.54) is 38.5 Å². The van der Waals surface area contributed by atoms with Gasteiger partial charge in [-0.3, -0.25) is 9.80 Å². The molecule has 14 atom stereocenters. The SMILES string of the molecule is CCO[C@@H](C1C[C@@H](C)[C@H]2C(O1)[C@H](O)[C@@]1(C)C3CC[C@H]4C(C)(C)[C@@H](O[C@H]5CN(C6CN(CCOC)C6)CCO5)CC[C@@]45C[C@@]35CC[C@]21C)C(C)(C)O. The zero-order chi connectivity index (χ0) is 36.4. The summed E-state index contributed by atoms with van der Waals surface area (Å²) >= 11 is 0. The van der Waals surface area contributed by atoms with E-state index in [-0.39, 0.29) is 40.8 Å². The molecule has 0 aromatic heterocycles. The maximum absolute atomic E-state index is 12.6. The van der Waals surface area contributed by atoms with Crippen molar-refractivity contribution in [2.45, 2.75) is 155 Å². The molecule has 3 aliphatic heterocycles. The second kappa shape index (κ2) is 12.8. The fraction of sp³-hybridized carbons (Fsp3) is 1.00. The fourth-order valence-corrected chi connectivity index (χ4v) is 15.1. The van der Waals surface area contributed by atoms with E-state index in [0.717, 1.165) is 58.8 Å². The molecular weight excluding hydrogens is 644 g/mol. The lowest BCUT2D eigenvalue weighted by Crippen LogP contribution is -2.63. The van der Waals surface area contributed by atoms with Crippen molar-refractivity contribution in [3.8, 4) is 0 Å². The van der Waals surface area contributed by atoms with E-state index in [0.29, 0.717) is 47.2 Å². The number of ether oxygens (including phenoxy) is 5. The largest absolute Gasteiger partial charge is 0.390 e. The van der Waals surface area contributed by atoms with E-state index in [1.54, 1.807) is 7.11 Å². The van der Waals surface area contributed by atoms with Crippen molar-refractivity contribution < 1.29 is 33.9 Å². The highest BCUT2D eigenvalue weighted by molar-refractivity contribution is 5.33. The van der Waals surface area contributed by atoms with Gasteiger partial charge in [-0.05, 0) is 117 Å². The summed E-state index contributed by atoms with van der Waals surface area (Å²) in [5, 5.41) is 23.8. The van der Waals surface area contributed by atoms with E-state index >= 15 is 0 Å². The molecule has 9 heteroatoms. The molecule has 3 heterocycles. The molecule has 2 spiro atoms. The Balaban J connectivity index is 0.973. The van der Waals surface area contributed by atoms with Gasteiger partial charge < -0.3 is 33.9 Å². The summed E-state index contributed by atoms with van der Waals surface area (Å²) in [6.07, 6.45) is 8.06. The first kappa shape index (κ1) is 37.6. The number of aliphatic hydroxyl groups is 2. The summed E-state index contributed by atoms with van der Waals surface area (Å²) in [5.41, 5.74) is -0.463. The topological polar surface area (TPSA) is 93.1 Å². The Morgan fingerprint density at radius 1 is 0.980 bits per heavy atom. The Hall–Kier alpha value is -0.360. The molecule has 3 unspecified atom stereocenters. The highest BCUT2D eigenvalue weighted by Crippen LogP contribution is 2.89. The lowest BCUT2D eigenvalue weighted by molar-refractivity contribution is -0.253. The Kier molecular flexibility index (Phi) is 9.46. The number of aliphatic hydroxyl groups excluding tert-OH is 1. The minimum absolute atomic E-state index is 0.0190. The van der Waals surface area contributed by atoms with Crippen molar-refractivity contribution in [1.29, 1.82) is 0 Å². The fourth-order valence-electron chi connectivity index (χ4n) is 15.1. The molecule has 51 heavy (non-hydrogen) atoms. The van der Waals surface area contributed by atoms with Gasteiger partial charge >= 0.3 is 0 Å². The van der Waals surface area contributed by atoms with Gasteiger partial charge in [0.25, 0.3) is 0 Å². The molecule has 5 aliphatic carbocycles.